The highest BCUT2D eigenvalue weighted by molar-refractivity contribution is 6.55. The van der Waals surface area contributed by atoms with E-state index >= 15 is 0 Å². The lowest BCUT2D eigenvalue weighted by atomic mass is 9.80. The first-order valence-electron chi connectivity index (χ1n) is 9.51. The minimum Gasteiger partial charge on any atom is -0.288 e. The predicted octanol–water partition coefficient (Wildman–Crippen LogP) is 5.87. The summed E-state index contributed by atoms with van der Waals surface area (Å²) < 4.78 is 0. The second-order valence-corrected chi connectivity index (χ2v) is 8.47. The molecule has 1 heterocycles. The molecule has 3 nitrogen and oxygen atoms in total. The van der Waals surface area contributed by atoms with Crippen LogP contribution in [0.25, 0.3) is 0 Å². The second-order valence-electron chi connectivity index (χ2n) is 8.06. The molecular weight excluding hydrogens is 380 g/mol. The summed E-state index contributed by atoms with van der Waals surface area (Å²) in [4.78, 5) is 22.2. The monoisotopic (exact) mass is 400 g/mol. The van der Waals surface area contributed by atoms with Crippen LogP contribution >= 0.6 is 11.6 Å². The summed E-state index contributed by atoms with van der Waals surface area (Å²) in [6.45, 7) is 6.00. The van der Waals surface area contributed by atoms with Crippen molar-refractivity contribution in [3.63, 3.8) is 0 Å². The van der Waals surface area contributed by atoms with Crippen LogP contribution in [0.3, 0.4) is 0 Å². The molecule has 0 saturated carbocycles. The number of hydrogen-bond donors (Lipinski definition) is 0. The van der Waals surface area contributed by atoms with E-state index in [9.17, 15) is 4.79 Å². The van der Waals surface area contributed by atoms with Gasteiger partial charge < -0.3 is 0 Å². The molecule has 0 radical (unpaired) electrons. The van der Waals surface area contributed by atoms with Gasteiger partial charge in [-0.05, 0) is 17.6 Å². The van der Waals surface area contributed by atoms with Crippen LogP contribution < -0.4 is 0 Å². The van der Waals surface area contributed by atoms with E-state index in [-0.39, 0.29) is 16.2 Å². The van der Waals surface area contributed by atoms with Gasteiger partial charge in [0.15, 0.2) is 5.82 Å². The maximum Gasteiger partial charge on any atom is 0.200 e. The van der Waals surface area contributed by atoms with Gasteiger partial charge in [0.1, 0.15) is 0 Å². The molecule has 1 aliphatic carbocycles. The van der Waals surface area contributed by atoms with Crippen molar-refractivity contribution in [2.24, 2.45) is 15.4 Å². The summed E-state index contributed by atoms with van der Waals surface area (Å²) >= 11 is 6.29. The third-order valence-electron chi connectivity index (χ3n) is 4.86. The van der Waals surface area contributed by atoms with Gasteiger partial charge in [-0.3, -0.25) is 4.79 Å². The van der Waals surface area contributed by atoms with E-state index < -0.39 is 0 Å². The van der Waals surface area contributed by atoms with E-state index in [0.29, 0.717) is 11.4 Å². The third-order valence-corrected chi connectivity index (χ3v) is 5.14. The molecule has 0 saturated heterocycles. The van der Waals surface area contributed by atoms with Gasteiger partial charge in [-0.25, -0.2) is 9.98 Å². The van der Waals surface area contributed by atoms with Crippen LogP contribution in [0.2, 0.25) is 0 Å². The summed E-state index contributed by atoms with van der Waals surface area (Å²) in [5.41, 5.74) is 4.69. The maximum absolute atomic E-state index is 12.5. The van der Waals surface area contributed by atoms with Crippen LogP contribution in [0, 0.1) is 5.41 Å². The first kappa shape index (κ1) is 19.3. The van der Waals surface area contributed by atoms with Crippen LogP contribution in [-0.2, 0) is 4.79 Å². The van der Waals surface area contributed by atoms with Crippen molar-refractivity contribution in [2.75, 3.05) is 0 Å². The van der Waals surface area contributed by atoms with E-state index in [1.165, 1.54) is 0 Å². The average molecular weight is 401 g/mol. The first-order chi connectivity index (χ1) is 13.8. The van der Waals surface area contributed by atoms with E-state index in [1.54, 1.807) is 6.08 Å². The van der Waals surface area contributed by atoms with Crippen LogP contribution in [0.15, 0.2) is 105 Å². The van der Waals surface area contributed by atoms with Gasteiger partial charge in [-0.1, -0.05) is 93.0 Å². The number of rotatable bonds is 2. The molecule has 2 aromatic rings. The van der Waals surface area contributed by atoms with Crippen LogP contribution in [0.5, 0.6) is 0 Å². The Morgan fingerprint density at radius 3 is 1.69 bits per heavy atom. The van der Waals surface area contributed by atoms with Crippen molar-refractivity contribution < 1.29 is 4.79 Å². The molecule has 4 rings (SSSR count). The molecule has 1 aliphatic heterocycles. The lowest BCUT2D eigenvalue weighted by Crippen LogP contribution is -2.20. The number of ketones is 1. The zero-order valence-electron chi connectivity index (χ0n) is 16.6. The number of carbonyl (C=O) groups excluding carboxylic acids is 1. The summed E-state index contributed by atoms with van der Waals surface area (Å²) in [6.07, 6.45) is 3.53. The lowest BCUT2D eigenvalue weighted by molar-refractivity contribution is -0.112. The zero-order valence-corrected chi connectivity index (χ0v) is 17.4. The van der Waals surface area contributed by atoms with Crippen molar-refractivity contribution in [3.05, 3.63) is 106 Å². The highest BCUT2D eigenvalue weighted by Crippen LogP contribution is 2.36. The predicted molar refractivity (Wildman–Crippen MR) is 119 cm³/mol. The summed E-state index contributed by atoms with van der Waals surface area (Å²) in [5.74, 6) is 0.427. The van der Waals surface area contributed by atoms with Crippen LogP contribution in [0.1, 0.15) is 31.9 Å². The van der Waals surface area contributed by atoms with E-state index in [0.717, 1.165) is 28.1 Å². The van der Waals surface area contributed by atoms with Crippen LogP contribution in [-0.4, -0.2) is 17.2 Å². The Balaban J connectivity index is 1.92. The highest BCUT2D eigenvalue weighted by Gasteiger charge is 2.30. The Kier molecular flexibility index (Phi) is 4.93. The topological polar surface area (TPSA) is 41.8 Å². The van der Waals surface area contributed by atoms with Crippen molar-refractivity contribution in [2.45, 2.75) is 20.8 Å². The summed E-state index contributed by atoms with van der Waals surface area (Å²) in [7, 11) is 0. The molecule has 29 heavy (non-hydrogen) atoms. The number of halogens is 1. The number of allylic oxidation sites excluding steroid dienone is 5. The zero-order chi connectivity index (χ0) is 20.6. The Bertz CT molecular complexity index is 1070. The second kappa shape index (κ2) is 7.41. The maximum atomic E-state index is 12.5. The molecular formula is C25H21ClN2O. The van der Waals surface area contributed by atoms with Crippen LogP contribution in [0.4, 0.5) is 0 Å². The average Bonchev–Trinajstić information content (AvgIpc) is 3.16. The lowest BCUT2D eigenvalue weighted by Gasteiger charge is -2.24. The molecule has 0 bridgehead atoms. The molecule has 2 aliphatic rings. The molecule has 2 aromatic carbocycles. The molecule has 0 fully saturated rings. The summed E-state index contributed by atoms with van der Waals surface area (Å²) in [5, 5.41) is 0.194. The minimum atomic E-state index is -0.326. The van der Waals surface area contributed by atoms with Gasteiger partial charge in [0.25, 0.3) is 0 Å². The molecule has 144 valence electrons. The number of carbonyl (C=O) groups is 1. The largest absolute Gasteiger partial charge is 0.288 e. The number of hydrogen-bond acceptors (Lipinski definition) is 3. The van der Waals surface area contributed by atoms with Gasteiger partial charge in [0, 0.05) is 22.3 Å². The fraction of sp³-hybridized carbons (Fsp3) is 0.160. The summed E-state index contributed by atoms with van der Waals surface area (Å²) in [6, 6.07) is 20.0. The quantitative estimate of drug-likeness (QED) is 0.621. The molecule has 0 amide bonds. The van der Waals surface area contributed by atoms with Gasteiger partial charge in [0.2, 0.25) is 5.78 Å². The van der Waals surface area contributed by atoms with E-state index in [4.69, 9.17) is 21.6 Å². The fourth-order valence-electron chi connectivity index (χ4n) is 3.35. The fourth-order valence-corrected chi connectivity index (χ4v) is 3.57. The van der Waals surface area contributed by atoms with Gasteiger partial charge in [-0.15, -0.1) is 0 Å². The molecule has 0 atom stereocenters. The first-order valence-corrected chi connectivity index (χ1v) is 9.89. The molecule has 0 spiro atoms. The molecule has 0 unspecified atom stereocenters. The number of nitrogens with zero attached hydrogens (tertiary/aromatic N) is 2. The molecule has 4 heteroatoms. The van der Waals surface area contributed by atoms with E-state index in [1.807, 2.05) is 87.5 Å². The SMILES string of the molecule is CC(C)(C)C1=CC(=C2N=C(c3ccccc3)C(c3ccccc3)=N2)C=C(Cl)C1=O. The van der Waals surface area contributed by atoms with E-state index in [2.05, 4.69) is 0 Å². The highest BCUT2D eigenvalue weighted by atomic mass is 35.5. The van der Waals surface area contributed by atoms with Gasteiger partial charge >= 0.3 is 0 Å². The molecule has 0 aromatic heterocycles. The normalized spacial score (nSPS) is 17.0. The van der Waals surface area contributed by atoms with Crippen molar-refractivity contribution >= 4 is 28.8 Å². The molecule has 0 N–H and O–H groups in total. The smallest absolute Gasteiger partial charge is 0.200 e. The standard InChI is InChI=1S/C25H21ClN2O/c1-25(2,3)19-14-18(15-20(26)23(19)29)24-27-21(16-10-6-4-7-11-16)22(28-24)17-12-8-5-9-13-17/h4-15H,1-3H3. The third kappa shape index (κ3) is 3.79. The van der Waals surface area contributed by atoms with Gasteiger partial charge in [-0.2, -0.15) is 0 Å². The number of Topliss-reactive ketones (excluding diaryl/α,β-unsaturated/α-hetero) is 1. The number of benzene rings is 2. The van der Waals surface area contributed by atoms with Gasteiger partial charge in [0.05, 0.1) is 16.5 Å². The van der Waals surface area contributed by atoms with Crippen molar-refractivity contribution in [3.8, 4) is 0 Å². The minimum absolute atomic E-state index is 0.138. The Morgan fingerprint density at radius 2 is 1.24 bits per heavy atom. The Labute approximate surface area is 175 Å². The number of aliphatic imine (C=N–C) groups is 2. The Morgan fingerprint density at radius 1 is 0.759 bits per heavy atom. The van der Waals surface area contributed by atoms with Crippen molar-refractivity contribution in [1.82, 2.24) is 0 Å². The Hall–Kier alpha value is -3.04. The van der Waals surface area contributed by atoms with Crippen molar-refractivity contribution in [1.29, 1.82) is 0 Å².